The molecule has 1 N–H and O–H groups in total. The minimum atomic E-state index is -0.249. The van der Waals surface area contributed by atoms with Crippen molar-refractivity contribution in [1.82, 2.24) is 15.0 Å². The summed E-state index contributed by atoms with van der Waals surface area (Å²) < 4.78 is 14.1. The average molecular weight is 330 g/mol. The number of anilines is 1. The minimum absolute atomic E-state index is 0.249. The summed E-state index contributed by atoms with van der Waals surface area (Å²) in [4.78, 5) is 13.3. The standard InChI is InChI=1S/C20H15FN4/c1-22-20-16-11-13(15-6-2-3-7-17(15)21)8-9-18(16)24-19(25-20)14-5-4-10-23-12-14/h2-12H,1H3,(H,22,24,25). The van der Waals surface area contributed by atoms with Crippen LogP contribution in [0, 0.1) is 5.82 Å². The number of hydrogen-bond acceptors (Lipinski definition) is 4. The molecule has 4 nitrogen and oxygen atoms in total. The van der Waals surface area contributed by atoms with Gasteiger partial charge in [-0.15, -0.1) is 0 Å². The molecule has 0 atom stereocenters. The molecule has 0 saturated carbocycles. The Labute approximate surface area is 144 Å². The van der Waals surface area contributed by atoms with E-state index in [0.29, 0.717) is 17.2 Å². The van der Waals surface area contributed by atoms with Crippen molar-refractivity contribution in [2.24, 2.45) is 0 Å². The number of hydrogen-bond donors (Lipinski definition) is 1. The largest absolute Gasteiger partial charge is 0.373 e. The van der Waals surface area contributed by atoms with E-state index >= 15 is 0 Å². The van der Waals surface area contributed by atoms with Crippen LogP contribution in [-0.4, -0.2) is 22.0 Å². The van der Waals surface area contributed by atoms with Gasteiger partial charge in [-0.3, -0.25) is 4.98 Å². The van der Waals surface area contributed by atoms with Crippen LogP contribution >= 0.6 is 0 Å². The SMILES string of the molecule is CNc1nc(-c2cccnc2)nc2ccc(-c3ccccc3F)cc12. The van der Waals surface area contributed by atoms with E-state index in [1.54, 1.807) is 24.5 Å². The molecule has 25 heavy (non-hydrogen) atoms. The predicted octanol–water partition coefficient (Wildman–Crippen LogP) is 4.54. The molecule has 2 heterocycles. The minimum Gasteiger partial charge on any atom is -0.373 e. The quantitative estimate of drug-likeness (QED) is 0.599. The van der Waals surface area contributed by atoms with Gasteiger partial charge in [-0.1, -0.05) is 24.3 Å². The van der Waals surface area contributed by atoms with Gasteiger partial charge in [-0.25, -0.2) is 14.4 Å². The highest BCUT2D eigenvalue weighted by atomic mass is 19.1. The highest BCUT2D eigenvalue weighted by Gasteiger charge is 2.11. The van der Waals surface area contributed by atoms with Crippen molar-refractivity contribution in [1.29, 1.82) is 0 Å². The van der Waals surface area contributed by atoms with E-state index < -0.39 is 0 Å². The Kier molecular flexibility index (Phi) is 3.82. The first kappa shape index (κ1) is 15.2. The number of benzene rings is 2. The summed E-state index contributed by atoms with van der Waals surface area (Å²) in [6.45, 7) is 0. The summed E-state index contributed by atoms with van der Waals surface area (Å²) in [5, 5.41) is 3.95. The van der Waals surface area contributed by atoms with Gasteiger partial charge in [0.05, 0.1) is 5.52 Å². The monoisotopic (exact) mass is 330 g/mol. The number of nitrogens with zero attached hydrogens (tertiary/aromatic N) is 3. The van der Waals surface area contributed by atoms with Gasteiger partial charge < -0.3 is 5.32 Å². The van der Waals surface area contributed by atoms with E-state index in [-0.39, 0.29) is 5.82 Å². The zero-order valence-electron chi connectivity index (χ0n) is 13.6. The molecular weight excluding hydrogens is 315 g/mol. The lowest BCUT2D eigenvalue weighted by atomic mass is 10.0. The molecule has 0 radical (unpaired) electrons. The number of nitrogens with one attached hydrogen (secondary N) is 1. The molecule has 0 saturated heterocycles. The van der Waals surface area contributed by atoms with Crippen LogP contribution in [0.4, 0.5) is 10.2 Å². The lowest BCUT2D eigenvalue weighted by molar-refractivity contribution is 0.631. The summed E-state index contributed by atoms with van der Waals surface area (Å²) in [6.07, 6.45) is 3.44. The smallest absolute Gasteiger partial charge is 0.163 e. The Bertz CT molecular complexity index is 1050. The van der Waals surface area contributed by atoms with Crippen LogP contribution < -0.4 is 5.32 Å². The molecule has 0 aliphatic heterocycles. The number of aromatic nitrogens is 3. The van der Waals surface area contributed by atoms with Crippen molar-refractivity contribution in [2.75, 3.05) is 12.4 Å². The number of halogens is 1. The van der Waals surface area contributed by atoms with Gasteiger partial charge in [-0.2, -0.15) is 0 Å². The summed E-state index contributed by atoms with van der Waals surface area (Å²) in [7, 11) is 1.81. The van der Waals surface area contributed by atoms with Crippen LogP contribution in [-0.2, 0) is 0 Å². The Morgan fingerprint density at radius 1 is 0.920 bits per heavy atom. The normalized spacial score (nSPS) is 10.8. The second-order valence-corrected chi connectivity index (χ2v) is 5.60. The van der Waals surface area contributed by atoms with Gasteiger partial charge in [0.15, 0.2) is 5.82 Å². The predicted molar refractivity (Wildman–Crippen MR) is 97.7 cm³/mol. The fourth-order valence-corrected chi connectivity index (χ4v) is 2.81. The van der Waals surface area contributed by atoms with E-state index in [2.05, 4.69) is 20.3 Å². The summed E-state index contributed by atoms with van der Waals surface area (Å²) >= 11 is 0. The molecule has 0 fully saturated rings. The number of rotatable bonds is 3. The lowest BCUT2D eigenvalue weighted by Crippen LogP contribution is -1.99. The summed E-state index contributed by atoms with van der Waals surface area (Å²) in [5.41, 5.74) is 2.99. The Hall–Kier alpha value is -3.34. The van der Waals surface area contributed by atoms with Crippen LogP contribution in [0.25, 0.3) is 33.4 Å². The van der Waals surface area contributed by atoms with E-state index in [9.17, 15) is 4.39 Å². The zero-order chi connectivity index (χ0) is 17.2. The second kappa shape index (κ2) is 6.28. The molecular formula is C20H15FN4. The van der Waals surface area contributed by atoms with E-state index in [0.717, 1.165) is 22.0 Å². The maximum atomic E-state index is 14.1. The van der Waals surface area contributed by atoms with E-state index in [1.165, 1.54) is 6.07 Å². The Morgan fingerprint density at radius 2 is 1.80 bits per heavy atom. The molecule has 0 unspecified atom stereocenters. The molecule has 2 aromatic carbocycles. The van der Waals surface area contributed by atoms with Gasteiger partial charge in [0.1, 0.15) is 11.6 Å². The fraction of sp³-hybridized carbons (Fsp3) is 0.0500. The molecule has 5 heteroatoms. The summed E-state index contributed by atoms with van der Waals surface area (Å²) in [6, 6.07) is 16.2. The van der Waals surface area contributed by atoms with Crippen LogP contribution in [0.2, 0.25) is 0 Å². The van der Waals surface area contributed by atoms with Gasteiger partial charge >= 0.3 is 0 Å². The van der Waals surface area contributed by atoms with Gasteiger partial charge in [0.25, 0.3) is 0 Å². The van der Waals surface area contributed by atoms with Crippen molar-refractivity contribution in [3.05, 3.63) is 72.8 Å². The molecule has 0 aliphatic rings. The highest BCUT2D eigenvalue weighted by Crippen LogP contribution is 2.30. The maximum absolute atomic E-state index is 14.1. The summed E-state index contributed by atoms with van der Waals surface area (Å²) in [5.74, 6) is 1.05. The Morgan fingerprint density at radius 3 is 2.56 bits per heavy atom. The first-order chi connectivity index (χ1) is 12.3. The van der Waals surface area contributed by atoms with E-state index in [4.69, 9.17) is 0 Å². The molecule has 0 bridgehead atoms. The molecule has 0 spiro atoms. The lowest BCUT2D eigenvalue weighted by Gasteiger charge is -2.10. The van der Waals surface area contributed by atoms with Crippen molar-refractivity contribution in [2.45, 2.75) is 0 Å². The van der Waals surface area contributed by atoms with Crippen LogP contribution in [0.5, 0.6) is 0 Å². The topological polar surface area (TPSA) is 50.7 Å². The highest BCUT2D eigenvalue weighted by molar-refractivity contribution is 5.93. The third kappa shape index (κ3) is 2.80. The molecule has 2 aromatic heterocycles. The fourth-order valence-electron chi connectivity index (χ4n) is 2.81. The van der Waals surface area contributed by atoms with Gasteiger partial charge in [-0.05, 0) is 35.9 Å². The first-order valence-corrected chi connectivity index (χ1v) is 7.91. The van der Waals surface area contributed by atoms with Crippen molar-refractivity contribution in [3.8, 4) is 22.5 Å². The molecule has 0 amide bonds. The van der Waals surface area contributed by atoms with Crippen molar-refractivity contribution in [3.63, 3.8) is 0 Å². The Balaban J connectivity index is 1.90. The van der Waals surface area contributed by atoms with E-state index in [1.807, 2.05) is 43.4 Å². The third-order valence-electron chi connectivity index (χ3n) is 4.04. The molecule has 122 valence electrons. The second-order valence-electron chi connectivity index (χ2n) is 5.60. The molecule has 0 aliphatic carbocycles. The van der Waals surface area contributed by atoms with Crippen LogP contribution in [0.1, 0.15) is 0 Å². The number of fused-ring (bicyclic) bond motifs is 1. The van der Waals surface area contributed by atoms with Crippen LogP contribution in [0.15, 0.2) is 67.0 Å². The maximum Gasteiger partial charge on any atom is 0.163 e. The average Bonchev–Trinajstić information content (AvgIpc) is 2.68. The molecule has 4 aromatic rings. The molecule has 4 rings (SSSR count). The van der Waals surface area contributed by atoms with Crippen molar-refractivity contribution < 1.29 is 4.39 Å². The first-order valence-electron chi connectivity index (χ1n) is 7.91. The zero-order valence-corrected chi connectivity index (χ0v) is 13.6. The van der Waals surface area contributed by atoms with Gasteiger partial charge in [0, 0.05) is 36.0 Å². The van der Waals surface area contributed by atoms with Crippen molar-refractivity contribution >= 4 is 16.7 Å². The van der Waals surface area contributed by atoms with Gasteiger partial charge in [0.2, 0.25) is 0 Å². The van der Waals surface area contributed by atoms with Crippen LogP contribution in [0.3, 0.4) is 0 Å². The number of pyridine rings is 1. The third-order valence-corrected chi connectivity index (χ3v) is 4.04.